The van der Waals surface area contributed by atoms with Gasteiger partial charge in [-0.2, -0.15) is 4.37 Å². The van der Waals surface area contributed by atoms with Crippen LogP contribution in [0, 0.1) is 0 Å². The first kappa shape index (κ1) is 7.06. The van der Waals surface area contributed by atoms with Crippen molar-refractivity contribution in [3.8, 4) is 5.06 Å². The third-order valence-electron chi connectivity index (χ3n) is 1.33. The zero-order valence-electron chi connectivity index (χ0n) is 6.03. The molecule has 0 N–H and O–H groups in total. The molecule has 0 atom stereocenters. The van der Waals surface area contributed by atoms with E-state index in [4.69, 9.17) is 4.74 Å². The normalized spacial score (nSPS) is 10.6. The lowest BCUT2D eigenvalue weighted by atomic mass is 10.5. The van der Waals surface area contributed by atoms with Crippen molar-refractivity contribution in [1.82, 2.24) is 4.37 Å². The standard InChI is InChI=1S/C7H7NOS2/c1-2-9-7-6-5(8-11-7)3-4-10-6/h3-4H,2H2,1H3. The first-order chi connectivity index (χ1) is 5.42. The van der Waals surface area contributed by atoms with Crippen molar-refractivity contribution in [1.29, 1.82) is 0 Å². The van der Waals surface area contributed by atoms with Crippen molar-refractivity contribution in [3.63, 3.8) is 0 Å². The summed E-state index contributed by atoms with van der Waals surface area (Å²) in [4.78, 5) is 0. The van der Waals surface area contributed by atoms with Crippen LogP contribution in [0.25, 0.3) is 10.2 Å². The Morgan fingerprint density at radius 3 is 3.36 bits per heavy atom. The number of ether oxygens (including phenoxy) is 1. The van der Waals surface area contributed by atoms with Gasteiger partial charge in [-0.15, -0.1) is 11.3 Å². The quantitative estimate of drug-likeness (QED) is 0.717. The van der Waals surface area contributed by atoms with Crippen LogP contribution in [0.15, 0.2) is 11.4 Å². The van der Waals surface area contributed by atoms with Gasteiger partial charge in [-0.1, -0.05) is 0 Å². The van der Waals surface area contributed by atoms with Crippen LogP contribution >= 0.6 is 22.9 Å². The van der Waals surface area contributed by atoms with Crippen LogP contribution in [0.4, 0.5) is 0 Å². The molecular weight excluding hydrogens is 178 g/mol. The fraction of sp³-hybridized carbons (Fsp3) is 0.286. The average molecular weight is 185 g/mol. The molecule has 2 aromatic rings. The van der Waals surface area contributed by atoms with Crippen LogP contribution < -0.4 is 4.74 Å². The van der Waals surface area contributed by atoms with Crippen LogP contribution in [-0.2, 0) is 0 Å². The molecule has 0 saturated heterocycles. The molecule has 0 radical (unpaired) electrons. The Morgan fingerprint density at radius 2 is 2.55 bits per heavy atom. The number of nitrogens with zero attached hydrogens (tertiary/aromatic N) is 1. The molecule has 11 heavy (non-hydrogen) atoms. The predicted octanol–water partition coefficient (Wildman–Crippen LogP) is 2.76. The van der Waals surface area contributed by atoms with E-state index in [-0.39, 0.29) is 0 Å². The number of rotatable bonds is 2. The Kier molecular flexibility index (Phi) is 1.79. The Labute approximate surface area is 72.6 Å². The maximum atomic E-state index is 5.38. The SMILES string of the molecule is CCOc1snc2ccsc12. The Morgan fingerprint density at radius 1 is 1.64 bits per heavy atom. The van der Waals surface area contributed by atoms with Crippen LogP contribution in [0.2, 0.25) is 0 Å². The van der Waals surface area contributed by atoms with E-state index >= 15 is 0 Å². The minimum Gasteiger partial charge on any atom is -0.482 e. The highest BCUT2D eigenvalue weighted by Gasteiger charge is 2.06. The molecular formula is C7H7NOS2. The summed E-state index contributed by atoms with van der Waals surface area (Å²) in [5, 5.41) is 2.99. The first-order valence-corrected chi connectivity index (χ1v) is 5.03. The van der Waals surface area contributed by atoms with Crippen molar-refractivity contribution in [3.05, 3.63) is 11.4 Å². The van der Waals surface area contributed by atoms with E-state index < -0.39 is 0 Å². The highest BCUT2D eigenvalue weighted by molar-refractivity contribution is 7.22. The van der Waals surface area contributed by atoms with Gasteiger partial charge in [-0.05, 0) is 18.4 Å². The van der Waals surface area contributed by atoms with Crippen molar-refractivity contribution < 1.29 is 4.74 Å². The zero-order chi connectivity index (χ0) is 7.68. The Bertz CT molecular complexity index is 352. The molecule has 2 aromatic heterocycles. The van der Waals surface area contributed by atoms with E-state index in [1.807, 2.05) is 18.4 Å². The number of hydrogen-bond donors (Lipinski definition) is 0. The fourth-order valence-corrected chi connectivity index (χ4v) is 2.61. The summed E-state index contributed by atoms with van der Waals surface area (Å²) >= 11 is 3.12. The summed E-state index contributed by atoms with van der Waals surface area (Å²) in [6.45, 7) is 2.70. The second-order valence-electron chi connectivity index (χ2n) is 2.04. The van der Waals surface area contributed by atoms with E-state index in [9.17, 15) is 0 Å². The lowest BCUT2D eigenvalue weighted by Crippen LogP contribution is -1.87. The minimum absolute atomic E-state index is 0.717. The monoisotopic (exact) mass is 185 g/mol. The van der Waals surface area contributed by atoms with Crippen LogP contribution in [-0.4, -0.2) is 11.0 Å². The summed E-state index contributed by atoms with van der Waals surface area (Å²) in [5.41, 5.74) is 1.06. The van der Waals surface area contributed by atoms with E-state index in [0.717, 1.165) is 17.2 Å². The maximum absolute atomic E-state index is 5.38. The number of hydrogen-bond acceptors (Lipinski definition) is 4. The lowest BCUT2D eigenvalue weighted by Gasteiger charge is -1.94. The third kappa shape index (κ3) is 1.12. The van der Waals surface area contributed by atoms with Crippen LogP contribution in [0.5, 0.6) is 5.06 Å². The zero-order valence-corrected chi connectivity index (χ0v) is 7.67. The molecule has 0 spiro atoms. The second kappa shape index (κ2) is 2.79. The number of fused-ring (bicyclic) bond motifs is 1. The molecule has 2 rings (SSSR count). The van der Waals surface area contributed by atoms with Crippen molar-refractivity contribution in [2.75, 3.05) is 6.61 Å². The Balaban J connectivity index is 2.51. The fourth-order valence-electron chi connectivity index (χ4n) is 0.882. The molecule has 0 aromatic carbocycles. The number of thiophene rings is 1. The second-order valence-corrected chi connectivity index (χ2v) is 3.69. The Hall–Kier alpha value is -0.610. The molecule has 0 aliphatic rings. The van der Waals surface area contributed by atoms with Crippen LogP contribution in [0.3, 0.4) is 0 Å². The van der Waals surface area contributed by atoms with Gasteiger partial charge >= 0.3 is 0 Å². The highest BCUT2D eigenvalue weighted by Crippen LogP contribution is 2.33. The highest BCUT2D eigenvalue weighted by atomic mass is 32.1. The maximum Gasteiger partial charge on any atom is 0.211 e. The van der Waals surface area contributed by atoms with Crippen LogP contribution in [0.1, 0.15) is 6.92 Å². The third-order valence-corrected chi connectivity index (χ3v) is 3.14. The molecule has 0 unspecified atom stereocenters. The van der Waals surface area contributed by atoms with Gasteiger partial charge in [0.2, 0.25) is 5.06 Å². The van der Waals surface area contributed by atoms with Gasteiger partial charge in [0.05, 0.1) is 12.1 Å². The first-order valence-electron chi connectivity index (χ1n) is 3.37. The van der Waals surface area contributed by atoms with Crippen molar-refractivity contribution in [2.45, 2.75) is 6.92 Å². The molecule has 0 aliphatic carbocycles. The molecule has 0 saturated carbocycles. The van der Waals surface area contributed by atoms with Gasteiger partial charge in [0.1, 0.15) is 4.70 Å². The molecule has 2 heterocycles. The van der Waals surface area contributed by atoms with Gasteiger partial charge < -0.3 is 4.74 Å². The number of aromatic nitrogens is 1. The van der Waals surface area contributed by atoms with Crippen molar-refractivity contribution in [2.24, 2.45) is 0 Å². The van der Waals surface area contributed by atoms with E-state index in [1.54, 1.807) is 11.3 Å². The van der Waals surface area contributed by atoms with E-state index in [0.29, 0.717) is 0 Å². The van der Waals surface area contributed by atoms with Gasteiger partial charge in [-0.3, -0.25) is 0 Å². The minimum atomic E-state index is 0.717. The van der Waals surface area contributed by atoms with Gasteiger partial charge in [0.25, 0.3) is 0 Å². The molecule has 0 aliphatic heterocycles. The molecule has 0 bridgehead atoms. The molecule has 4 heteroatoms. The lowest BCUT2D eigenvalue weighted by molar-refractivity contribution is 0.354. The summed E-state index contributed by atoms with van der Waals surface area (Å²) < 4.78 is 10.8. The van der Waals surface area contributed by atoms with Gasteiger partial charge in [0, 0.05) is 11.5 Å². The topological polar surface area (TPSA) is 22.1 Å². The largest absolute Gasteiger partial charge is 0.482 e. The molecule has 58 valence electrons. The smallest absolute Gasteiger partial charge is 0.211 e. The van der Waals surface area contributed by atoms with Crippen molar-refractivity contribution >= 4 is 33.1 Å². The summed E-state index contributed by atoms with van der Waals surface area (Å²) in [5.74, 6) is 0. The molecule has 0 amide bonds. The predicted molar refractivity (Wildman–Crippen MR) is 48.7 cm³/mol. The summed E-state index contributed by atoms with van der Waals surface area (Å²) in [6.07, 6.45) is 0. The van der Waals surface area contributed by atoms with E-state index in [2.05, 4.69) is 4.37 Å². The summed E-state index contributed by atoms with van der Waals surface area (Å²) in [7, 11) is 0. The van der Waals surface area contributed by atoms with Gasteiger partial charge in [0.15, 0.2) is 0 Å². The average Bonchev–Trinajstić information content (AvgIpc) is 2.53. The van der Waals surface area contributed by atoms with E-state index in [1.165, 1.54) is 16.2 Å². The molecule has 2 nitrogen and oxygen atoms in total. The molecule has 0 fully saturated rings. The summed E-state index contributed by atoms with van der Waals surface area (Å²) in [6, 6.07) is 2.01. The van der Waals surface area contributed by atoms with Gasteiger partial charge in [-0.25, -0.2) is 0 Å².